The predicted molar refractivity (Wildman–Crippen MR) is 105 cm³/mol. The van der Waals surface area contributed by atoms with E-state index in [4.69, 9.17) is 4.74 Å². The Morgan fingerprint density at radius 1 is 1.11 bits per heavy atom. The van der Waals surface area contributed by atoms with Crippen LogP contribution in [0.15, 0.2) is 46.2 Å². The van der Waals surface area contributed by atoms with Crippen molar-refractivity contribution in [2.24, 2.45) is 0 Å². The van der Waals surface area contributed by atoms with Crippen LogP contribution in [-0.2, 0) is 31.1 Å². The fourth-order valence-electron chi connectivity index (χ4n) is 2.75. The van der Waals surface area contributed by atoms with Crippen LogP contribution in [0.1, 0.15) is 19.4 Å². The molecule has 1 amide bonds. The molecule has 1 heterocycles. The average molecular weight is 425 g/mol. The summed E-state index contributed by atoms with van der Waals surface area (Å²) < 4.78 is 58.5. The third kappa shape index (κ3) is 3.97. The van der Waals surface area contributed by atoms with Gasteiger partial charge in [0, 0.05) is 5.69 Å². The summed E-state index contributed by atoms with van der Waals surface area (Å²) in [4.78, 5) is 11.1. The zero-order valence-corrected chi connectivity index (χ0v) is 17.0. The summed E-state index contributed by atoms with van der Waals surface area (Å²) in [5.74, 6) is -0.800. The number of rotatable bonds is 6. The first-order valence-electron chi connectivity index (χ1n) is 8.61. The number of carbonyl (C=O) groups is 1. The molecule has 28 heavy (non-hydrogen) atoms. The average Bonchev–Trinajstić information content (AvgIpc) is 2.66. The Labute approximate surface area is 163 Å². The van der Waals surface area contributed by atoms with Crippen molar-refractivity contribution in [3.63, 3.8) is 0 Å². The van der Waals surface area contributed by atoms with E-state index in [1.54, 1.807) is 18.2 Å². The number of sulfonamides is 1. The Balaban J connectivity index is 2.14. The van der Waals surface area contributed by atoms with Gasteiger partial charge in [0.05, 0.1) is 16.3 Å². The van der Waals surface area contributed by atoms with Crippen LogP contribution in [0, 0.1) is 0 Å². The van der Waals surface area contributed by atoms with Gasteiger partial charge in [0.15, 0.2) is 22.2 Å². The van der Waals surface area contributed by atoms with E-state index in [0.29, 0.717) is 5.69 Å². The standard InChI is InChI=1S/C18H20N2O6S2/c1-3-12-6-5-7-13(8-12)20-28(24,25)16-10-14(27(22,23)4-2)9-15-18(16)26-11-17(21)19-15/h5-10,20H,3-4,11H2,1-2H3,(H,19,21). The summed E-state index contributed by atoms with van der Waals surface area (Å²) in [6, 6.07) is 9.15. The van der Waals surface area contributed by atoms with E-state index in [0.717, 1.165) is 18.1 Å². The highest BCUT2D eigenvalue weighted by molar-refractivity contribution is 7.93. The highest BCUT2D eigenvalue weighted by atomic mass is 32.2. The van der Waals surface area contributed by atoms with Crippen molar-refractivity contribution < 1.29 is 26.4 Å². The van der Waals surface area contributed by atoms with Crippen LogP contribution < -0.4 is 14.8 Å². The molecule has 2 aromatic carbocycles. The van der Waals surface area contributed by atoms with E-state index in [2.05, 4.69) is 10.0 Å². The van der Waals surface area contributed by atoms with E-state index < -0.39 is 25.8 Å². The monoisotopic (exact) mass is 424 g/mol. The zero-order valence-electron chi connectivity index (χ0n) is 15.4. The predicted octanol–water partition coefficient (Wildman–Crippen LogP) is 2.17. The van der Waals surface area contributed by atoms with Crippen molar-refractivity contribution in [1.29, 1.82) is 0 Å². The van der Waals surface area contributed by atoms with Crippen molar-refractivity contribution in [2.45, 2.75) is 30.1 Å². The molecule has 0 aliphatic carbocycles. The number of anilines is 2. The van der Waals surface area contributed by atoms with Crippen molar-refractivity contribution in [3.05, 3.63) is 42.0 Å². The largest absolute Gasteiger partial charge is 0.480 e. The highest BCUT2D eigenvalue weighted by Gasteiger charge is 2.30. The second-order valence-electron chi connectivity index (χ2n) is 6.20. The van der Waals surface area contributed by atoms with Crippen LogP contribution in [0.3, 0.4) is 0 Å². The lowest BCUT2D eigenvalue weighted by Gasteiger charge is -2.22. The Bertz CT molecular complexity index is 1140. The Kier molecular flexibility index (Phi) is 5.35. The number of amides is 1. The van der Waals surface area contributed by atoms with Gasteiger partial charge in [-0.1, -0.05) is 26.0 Å². The maximum atomic E-state index is 13.0. The molecular formula is C18H20N2O6S2. The fourth-order valence-corrected chi connectivity index (χ4v) is 5.00. The molecule has 0 fully saturated rings. The summed E-state index contributed by atoms with van der Waals surface area (Å²) >= 11 is 0. The van der Waals surface area contributed by atoms with Crippen molar-refractivity contribution in [2.75, 3.05) is 22.4 Å². The van der Waals surface area contributed by atoms with Crippen LogP contribution in [0.4, 0.5) is 11.4 Å². The Morgan fingerprint density at radius 3 is 2.54 bits per heavy atom. The minimum atomic E-state index is -4.18. The number of hydrogen-bond donors (Lipinski definition) is 2. The van der Waals surface area contributed by atoms with Crippen LogP contribution in [0.2, 0.25) is 0 Å². The van der Waals surface area contributed by atoms with E-state index in [-0.39, 0.29) is 33.6 Å². The first-order chi connectivity index (χ1) is 13.2. The quantitative estimate of drug-likeness (QED) is 0.734. The molecule has 3 rings (SSSR count). The summed E-state index contributed by atoms with van der Waals surface area (Å²) in [6.07, 6.45) is 0.727. The van der Waals surface area contributed by atoms with Crippen LogP contribution in [0.5, 0.6) is 5.75 Å². The molecule has 10 heteroatoms. The molecule has 0 saturated heterocycles. The summed E-state index contributed by atoms with van der Waals surface area (Å²) in [5.41, 5.74) is 1.29. The van der Waals surface area contributed by atoms with Crippen molar-refractivity contribution in [1.82, 2.24) is 0 Å². The zero-order chi connectivity index (χ0) is 20.5. The summed E-state index contributed by atoms with van der Waals surface area (Å²) in [6.45, 7) is 3.03. The fraction of sp³-hybridized carbons (Fsp3) is 0.278. The van der Waals surface area contributed by atoms with Gasteiger partial charge in [0.2, 0.25) is 0 Å². The molecule has 0 radical (unpaired) electrons. The highest BCUT2D eigenvalue weighted by Crippen LogP contribution is 2.38. The molecule has 2 aromatic rings. The number of nitrogens with one attached hydrogen (secondary N) is 2. The minimum absolute atomic E-state index is 0.00783. The van der Waals surface area contributed by atoms with Crippen LogP contribution in [0.25, 0.3) is 0 Å². The van der Waals surface area contributed by atoms with Gasteiger partial charge >= 0.3 is 0 Å². The van der Waals surface area contributed by atoms with Gasteiger partial charge in [-0.25, -0.2) is 16.8 Å². The second kappa shape index (κ2) is 7.44. The Hall–Kier alpha value is -2.59. The van der Waals surface area contributed by atoms with E-state index in [1.165, 1.54) is 13.0 Å². The minimum Gasteiger partial charge on any atom is -0.480 e. The third-order valence-electron chi connectivity index (χ3n) is 4.27. The molecule has 0 aromatic heterocycles. The number of benzene rings is 2. The topological polar surface area (TPSA) is 119 Å². The first kappa shape index (κ1) is 20.2. The number of aryl methyl sites for hydroxylation is 1. The molecule has 0 saturated carbocycles. The maximum Gasteiger partial charge on any atom is 0.265 e. The number of sulfone groups is 1. The van der Waals surface area contributed by atoms with Gasteiger partial charge in [-0.3, -0.25) is 9.52 Å². The van der Waals surface area contributed by atoms with E-state index >= 15 is 0 Å². The lowest BCUT2D eigenvalue weighted by Crippen LogP contribution is -2.27. The molecule has 0 bridgehead atoms. The summed E-state index contributed by atoms with van der Waals surface area (Å²) in [5, 5.41) is 2.47. The molecule has 0 spiro atoms. The number of carbonyl (C=O) groups excluding carboxylic acids is 1. The number of ether oxygens (including phenoxy) is 1. The molecule has 1 aliphatic heterocycles. The van der Waals surface area contributed by atoms with Gasteiger partial charge in [-0.2, -0.15) is 0 Å². The summed E-state index contributed by atoms with van der Waals surface area (Å²) in [7, 11) is -7.89. The number of fused-ring (bicyclic) bond motifs is 1. The lowest BCUT2D eigenvalue weighted by atomic mass is 10.1. The first-order valence-corrected chi connectivity index (χ1v) is 11.7. The van der Waals surface area contributed by atoms with Crippen LogP contribution >= 0.6 is 0 Å². The molecule has 2 N–H and O–H groups in total. The Morgan fingerprint density at radius 2 is 1.86 bits per heavy atom. The molecule has 150 valence electrons. The molecule has 0 unspecified atom stereocenters. The van der Waals surface area contributed by atoms with Gasteiger partial charge in [0.1, 0.15) is 4.90 Å². The number of hydrogen-bond acceptors (Lipinski definition) is 6. The maximum absolute atomic E-state index is 13.0. The second-order valence-corrected chi connectivity index (χ2v) is 10.1. The third-order valence-corrected chi connectivity index (χ3v) is 7.37. The van der Waals surface area contributed by atoms with Gasteiger partial charge in [-0.15, -0.1) is 0 Å². The van der Waals surface area contributed by atoms with Crippen molar-refractivity contribution in [3.8, 4) is 5.75 Å². The van der Waals surface area contributed by atoms with E-state index in [1.807, 2.05) is 13.0 Å². The van der Waals surface area contributed by atoms with Gasteiger partial charge in [-0.05, 0) is 36.2 Å². The molecular weight excluding hydrogens is 404 g/mol. The molecule has 8 nitrogen and oxygen atoms in total. The molecule has 1 aliphatic rings. The smallest absolute Gasteiger partial charge is 0.265 e. The van der Waals surface area contributed by atoms with E-state index in [9.17, 15) is 21.6 Å². The molecule has 0 atom stereocenters. The van der Waals surface area contributed by atoms with Gasteiger partial charge < -0.3 is 10.1 Å². The SMILES string of the molecule is CCc1cccc(NS(=O)(=O)c2cc(S(=O)(=O)CC)cc3c2OCC(=O)N3)c1. The van der Waals surface area contributed by atoms with Crippen molar-refractivity contribution >= 4 is 37.1 Å². The van der Waals surface area contributed by atoms with Gasteiger partial charge in [0.25, 0.3) is 15.9 Å². The van der Waals surface area contributed by atoms with Crippen LogP contribution in [-0.4, -0.2) is 35.1 Å². The lowest BCUT2D eigenvalue weighted by molar-refractivity contribution is -0.118. The normalized spacial score (nSPS) is 14.0.